The summed E-state index contributed by atoms with van der Waals surface area (Å²) in [6.07, 6.45) is 1.54. The molecule has 0 saturated carbocycles. The van der Waals surface area contributed by atoms with Crippen LogP contribution in [0, 0.1) is 0 Å². The summed E-state index contributed by atoms with van der Waals surface area (Å²) in [6, 6.07) is 7.46. The molecule has 3 amide bonds. The van der Waals surface area contributed by atoms with Gasteiger partial charge in [-0.2, -0.15) is 0 Å². The summed E-state index contributed by atoms with van der Waals surface area (Å²) in [5, 5.41) is 2.73. The number of rotatable bonds is 8. The van der Waals surface area contributed by atoms with E-state index in [1.807, 2.05) is 45.0 Å². The maximum atomic E-state index is 12.3. The van der Waals surface area contributed by atoms with Crippen LogP contribution in [0.4, 0.5) is 4.79 Å². The Bertz CT molecular complexity index is 611. The quantitative estimate of drug-likeness (QED) is 0.756. The van der Waals surface area contributed by atoms with E-state index < -0.39 is 0 Å². The number of piperidine rings is 1. The van der Waals surface area contributed by atoms with Gasteiger partial charge in [0.15, 0.2) is 11.5 Å². The van der Waals surface area contributed by atoms with Crippen molar-refractivity contribution in [2.24, 2.45) is 0 Å². The maximum absolute atomic E-state index is 12.3. The van der Waals surface area contributed by atoms with Gasteiger partial charge in [-0.25, -0.2) is 4.79 Å². The third kappa shape index (κ3) is 6.05. The molecule has 1 saturated heterocycles. The Kier molecular flexibility index (Phi) is 8.23. The van der Waals surface area contributed by atoms with Crippen molar-refractivity contribution in [1.29, 1.82) is 0 Å². The molecule has 150 valence electrons. The van der Waals surface area contributed by atoms with E-state index in [4.69, 9.17) is 9.47 Å². The largest absolute Gasteiger partial charge is 0.490 e. The van der Waals surface area contributed by atoms with E-state index in [9.17, 15) is 9.59 Å². The van der Waals surface area contributed by atoms with Crippen molar-refractivity contribution in [1.82, 2.24) is 15.1 Å². The summed E-state index contributed by atoms with van der Waals surface area (Å²) in [7, 11) is 0. The predicted molar refractivity (Wildman–Crippen MR) is 104 cm³/mol. The van der Waals surface area contributed by atoms with Crippen LogP contribution in [0.3, 0.4) is 0 Å². The highest BCUT2D eigenvalue weighted by molar-refractivity contribution is 5.84. The monoisotopic (exact) mass is 377 g/mol. The molecule has 1 N–H and O–H groups in total. The Morgan fingerprint density at radius 2 is 1.74 bits per heavy atom. The Labute approximate surface area is 161 Å². The van der Waals surface area contributed by atoms with Crippen LogP contribution in [0.15, 0.2) is 24.3 Å². The van der Waals surface area contributed by atoms with Crippen LogP contribution in [-0.4, -0.2) is 67.2 Å². The lowest BCUT2D eigenvalue weighted by Crippen LogP contribution is -2.49. The lowest BCUT2D eigenvalue weighted by Gasteiger charge is -2.32. The van der Waals surface area contributed by atoms with Gasteiger partial charge >= 0.3 is 6.03 Å². The van der Waals surface area contributed by atoms with Gasteiger partial charge in [-0.05, 0) is 32.9 Å². The average Bonchev–Trinajstić information content (AvgIpc) is 2.69. The molecule has 1 fully saturated rings. The summed E-state index contributed by atoms with van der Waals surface area (Å²) < 4.78 is 11.7. The van der Waals surface area contributed by atoms with Crippen molar-refractivity contribution in [2.45, 2.75) is 39.7 Å². The molecule has 2 rings (SSSR count). The first-order chi connectivity index (χ1) is 13.1. The Morgan fingerprint density at radius 1 is 1.11 bits per heavy atom. The van der Waals surface area contributed by atoms with Gasteiger partial charge in [0.25, 0.3) is 0 Å². The average molecular weight is 377 g/mol. The number of likely N-dealkylation sites (N-methyl/N-ethyl adjacent to an activating group) is 1. The van der Waals surface area contributed by atoms with E-state index in [-0.39, 0.29) is 24.6 Å². The van der Waals surface area contributed by atoms with Crippen LogP contribution >= 0.6 is 0 Å². The molecular weight excluding hydrogens is 346 g/mol. The van der Waals surface area contributed by atoms with Gasteiger partial charge in [-0.3, -0.25) is 4.79 Å². The summed E-state index contributed by atoms with van der Waals surface area (Å²) in [4.78, 5) is 27.7. The van der Waals surface area contributed by atoms with Gasteiger partial charge in [0.05, 0.1) is 13.2 Å². The molecule has 1 heterocycles. The number of urea groups is 1. The van der Waals surface area contributed by atoms with Crippen molar-refractivity contribution in [2.75, 3.05) is 39.3 Å². The standard InChI is InChI=1S/C20H31N3O4/c1-4-22(5-2)19(24)15-21-20(25)23-13-11-16(12-14-23)27-18-10-8-7-9-17(18)26-6-3/h7-10,16H,4-6,11-15H2,1-3H3,(H,21,25). The molecule has 1 aromatic rings. The molecule has 27 heavy (non-hydrogen) atoms. The number of nitrogens with one attached hydrogen (secondary N) is 1. The number of amides is 3. The molecule has 0 atom stereocenters. The van der Waals surface area contributed by atoms with Crippen LogP contribution in [0.5, 0.6) is 11.5 Å². The van der Waals surface area contributed by atoms with E-state index >= 15 is 0 Å². The van der Waals surface area contributed by atoms with Crippen LogP contribution in [0.2, 0.25) is 0 Å². The zero-order chi connectivity index (χ0) is 19.6. The van der Waals surface area contributed by atoms with E-state index in [2.05, 4.69) is 5.32 Å². The Morgan fingerprint density at radius 3 is 2.33 bits per heavy atom. The highest BCUT2D eigenvalue weighted by atomic mass is 16.5. The Balaban J connectivity index is 1.78. The topological polar surface area (TPSA) is 71.1 Å². The molecule has 0 unspecified atom stereocenters. The number of benzene rings is 1. The van der Waals surface area contributed by atoms with Crippen LogP contribution < -0.4 is 14.8 Å². The second kappa shape index (κ2) is 10.6. The van der Waals surface area contributed by atoms with Crippen molar-refractivity contribution in [3.63, 3.8) is 0 Å². The number of para-hydroxylation sites is 2. The lowest BCUT2D eigenvalue weighted by atomic mass is 10.1. The minimum atomic E-state index is -0.191. The van der Waals surface area contributed by atoms with Gasteiger partial charge in [-0.1, -0.05) is 12.1 Å². The number of carbonyl (C=O) groups is 2. The highest BCUT2D eigenvalue weighted by Crippen LogP contribution is 2.29. The molecule has 7 nitrogen and oxygen atoms in total. The van der Waals surface area contributed by atoms with Gasteiger partial charge in [-0.15, -0.1) is 0 Å². The normalized spacial score (nSPS) is 14.6. The van der Waals surface area contributed by atoms with Gasteiger partial charge in [0, 0.05) is 39.0 Å². The van der Waals surface area contributed by atoms with Crippen molar-refractivity contribution >= 4 is 11.9 Å². The molecule has 0 radical (unpaired) electrons. The molecule has 7 heteroatoms. The number of hydrogen-bond donors (Lipinski definition) is 1. The molecule has 1 aromatic carbocycles. The predicted octanol–water partition coefficient (Wildman–Crippen LogP) is 2.51. The van der Waals surface area contributed by atoms with Crippen molar-refractivity contribution in [3.05, 3.63) is 24.3 Å². The van der Waals surface area contributed by atoms with Gasteiger partial charge in [0.1, 0.15) is 6.10 Å². The van der Waals surface area contributed by atoms with E-state index in [0.29, 0.717) is 32.8 Å². The fourth-order valence-corrected chi connectivity index (χ4v) is 3.13. The lowest BCUT2D eigenvalue weighted by molar-refractivity contribution is -0.129. The van der Waals surface area contributed by atoms with Crippen LogP contribution in [0.25, 0.3) is 0 Å². The fourth-order valence-electron chi connectivity index (χ4n) is 3.13. The molecular formula is C20H31N3O4. The summed E-state index contributed by atoms with van der Waals surface area (Å²) in [5.41, 5.74) is 0. The zero-order valence-electron chi connectivity index (χ0n) is 16.6. The third-order valence-corrected chi connectivity index (χ3v) is 4.68. The summed E-state index contributed by atoms with van der Waals surface area (Å²) in [6.45, 7) is 8.94. The van der Waals surface area contributed by atoms with Crippen molar-refractivity contribution < 1.29 is 19.1 Å². The minimum Gasteiger partial charge on any atom is -0.490 e. The second-order valence-electron chi connectivity index (χ2n) is 6.41. The zero-order valence-corrected chi connectivity index (χ0v) is 16.6. The number of nitrogens with zero attached hydrogens (tertiary/aromatic N) is 2. The number of carbonyl (C=O) groups excluding carboxylic acids is 2. The van der Waals surface area contributed by atoms with E-state index in [1.54, 1.807) is 9.80 Å². The molecule has 1 aliphatic heterocycles. The van der Waals surface area contributed by atoms with Gasteiger partial charge in [0.2, 0.25) is 5.91 Å². The smallest absolute Gasteiger partial charge is 0.317 e. The van der Waals surface area contributed by atoms with Gasteiger partial charge < -0.3 is 24.6 Å². The molecule has 1 aliphatic rings. The number of hydrogen-bond acceptors (Lipinski definition) is 4. The third-order valence-electron chi connectivity index (χ3n) is 4.68. The number of likely N-dealkylation sites (tertiary alicyclic amines) is 1. The van der Waals surface area contributed by atoms with E-state index in [1.165, 1.54) is 0 Å². The Hall–Kier alpha value is -2.44. The first kappa shape index (κ1) is 20.9. The first-order valence-corrected chi connectivity index (χ1v) is 9.78. The molecule has 0 aromatic heterocycles. The first-order valence-electron chi connectivity index (χ1n) is 9.78. The van der Waals surface area contributed by atoms with Crippen LogP contribution in [-0.2, 0) is 4.79 Å². The minimum absolute atomic E-state index is 0.0404. The molecule has 0 aliphatic carbocycles. The summed E-state index contributed by atoms with van der Waals surface area (Å²) in [5.74, 6) is 1.43. The second-order valence-corrected chi connectivity index (χ2v) is 6.41. The highest BCUT2D eigenvalue weighted by Gasteiger charge is 2.25. The van der Waals surface area contributed by atoms with Crippen molar-refractivity contribution in [3.8, 4) is 11.5 Å². The van der Waals surface area contributed by atoms with E-state index in [0.717, 1.165) is 24.3 Å². The summed E-state index contributed by atoms with van der Waals surface area (Å²) >= 11 is 0. The number of ether oxygens (including phenoxy) is 2. The molecule has 0 spiro atoms. The maximum Gasteiger partial charge on any atom is 0.317 e. The molecule has 0 bridgehead atoms. The SMILES string of the molecule is CCOc1ccccc1OC1CCN(C(=O)NCC(=O)N(CC)CC)CC1. The van der Waals surface area contributed by atoms with Crippen LogP contribution in [0.1, 0.15) is 33.6 Å². The fraction of sp³-hybridized carbons (Fsp3) is 0.600.